The molecule has 0 N–H and O–H groups in total. The zero-order chi connectivity index (χ0) is 18.1. The molecule has 3 aromatic rings. The van der Waals surface area contributed by atoms with Crippen molar-refractivity contribution in [1.82, 2.24) is 4.40 Å². The number of benzene rings is 1. The van der Waals surface area contributed by atoms with Gasteiger partial charge in [0.1, 0.15) is 0 Å². The Morgan fingerprint density at radius 3 is 2.20 bits per heavy atom. The lowest BCUT2D eigenvalue weighted by Crippen LogP contribution is -2.04. The number of rotatable bonds is 4. The second-order valence-electron chi connectivity index (χ2n) is 5.74. The van der Waals surface area contributed by atoms with E-state index in [2.05, 4.69) is 0 Å². The van der Waals surface area contributed by atoms with Gasteiger partial charge in [0.05, 0.1) is 29.4 Å². The van der Waals surface area contributed by atoms with Gasteiger partial charge in [-0.3, -0.25) is 9.59 Å². The lowest BCUT2D eigenvalue weighted by atomic mass is 9.97. The average Bonchev–Trinajstić information content (AvgIpc) is 2.96. The molecular formula is C20H17NO4. The number of hydrogen-bond acceptors (Lipinski definition) is 4. The van der Waals surface area contributed by atoms with Crippen LogP contribution in [0.3, 0.4) is 0 Å². The second-order valence-corrected chi connectivity index (χ2v) is 5.74. The highest BCUT2D eigenvalue weighted by atomic mass is 16.5. The van der Waals surface area contributed by atoms with Crippen LogP contribution in [0, 0.1) is 0 Å². The molecular weight excluding hydrogens is 318 g/mol. The first-order chi connectivity index (χ1) is 12.0. The standard InChI is InChI=1S/C20H17NO4/c1-12(22)17-16-11-15(20(24)25-3)9-10-21(16)19(13(2)23)18(17)14-7-5-4-6-8-14/h4-11H,1-3H3. The van der Waals surface area contributed by atoms with Crippen LogP contribution in [0.2, 0.25) is 0 Å². The SMILES string of the molecule is COC(=O)c1ccn2c(C(C)=O)c(-c3ccccc3)c(C(C)=O)c2c1. The van der Waals surface area contributed by atoms with Gasteiger partial charge >= 0.3 is 5.97 Å². The number of nitrogens with zero attached hydrogens (tertiary/aromatic N) is 1. The van der Waals surface area contributed by atoms with Gasteiger partial charge in [-0.05, 0) is 24.6 Å². The molecule has 0 radical (unpaired) electrons. The molecule has 0 aliphatic rings. The van der Waals surface area contributed by atoms with Gasteiger partial charge in [-0.15, -0.1) is 0 Å². The predicted molar refractivity (Wildman–Crippen MR) is 94.2 cm³/mol. The zero-order valence-electron chi connectivity index (χ0n) is 14.2. The van der Waals surface area contributed by atoms with Gasteiger partial charge in [0.25, 0.3) is 0 Å². The van der Waals surface area contributed by atoms with Gasteiger partial charge in [0, 0.05) is 18.7 Å². The van der Waals surface area contributed by atoms with Crippen LogP contribution in [0.25, 0.3) is 16.6 Å². The van der Waals surface area contributed by atoms with Crippen LogP contribution >= 0.6 is 0 Å². The van der Waals surface area contributed by atoms with Crippen molar-refractivity contribution in [2.24, 2.45) is 0 Å². The van der Waals surface area contributed by atoms with E-state index >= 15 is 0 Å². The number of fused-ring (bicyclic) bond motifs is 1. The summed E-state index contributed by atoms with van der Waals surface area (Å²) < 4.78 is 6.42. The summed E-state index contributed by atoms with van der Waals surface area (Å²) in [5.74, 6) is -0.832. The fourth-order valence-electron chi connectivity index (χ4n) is 3.09. The lowest BCUT2D eigenvalue weighted by Gasteiger charge is -2.05. The number of aromatic nitrogens is 1. The molecule has 0 amide bonds. The Morgan fingerprint density at radius 2 is 1.64 bits per heavy atom. The quantitative estimate of drug-likeness (QED) is 0.537. The van der Waals surface area contributed by atoms with Gasteiger partial charge < -0.3 is 9.14 Å². The summed E-state index contributed by atoms with van der Waals surface area (Å²) in [5, 5.41) is 0. The van der Waals surface area contributed by atoms with Gasteiger partial charge in [0.15, 0.2) is 11.6 Å². The van der Waals surface area contributed by atoms with E-state index in [4.69, 9.17) is 4.74 Å². The van der Waals surface area contributed by atoms with Crippen LogP contribution in [-0.4, -0.2) is 29.0 Å². The molecule has 0 spiro atoms. The molecule has 0 aliphatic heterocycles. The summed E-state index contributed by atoms with van der Waals surface area (Å²) in [6.45, 7) is 2.92. The molecule has 3 rings (SSSR count). The fraction of sp³-hybridized carbons (Fsp3) is 0.150. The number of methoxy groups -OCH3 is 1. The third-order valence-electron chi connectivity index (χ3n) is 4.11. The fourth-order valence-corrected chi connectivity index (χ4v) is 3.09. The van der Waals surface area contributed by atoms with E-state index < -0.39 is 5.97 Å². The highest BCUT2D eigenvalue weighted by Crippen LogP contribution is 2.34. The van der Waals surface area contributed by atoms with Crippen molar-refractivity contribution in [3.05, 3.63) is 65.5 Å². The molecule has 0 atom stereocenters. The largest absolute Gasteiger partial charge is 0.465 e. The Balaban J connectivity index is 2.46. The molecule has 126 valence electrons. The van der Waals surface area contributed by atoms with E-state index in [9.17, 15) is 14.4 Å². The van der Waals surface area contributed by atoms with Crippen molar-refractivity contribution < 1.29 is 19.1 Å². The maximum atomic E-state index is 12.4. The number of carbonyl (C=O) groups is 3. The zero-order valence-corrected chi connectivity index (χ0v) is 14.2. The maximum absolute atomic E-state index is 12.4. The lowest BCUT2D eigenvalue weighted by molar-refractivity contribution is 0.0600. The van der Waals surface area contributed by atoms with Gasteiger partial charge in [-0.2, -0.15) is 0 Å². The van der Waals surface area contributed by atoms with Crippen LogP contribution in [0.1, 0.15) is 45.1 Å². The topological polar surface area (TPSA) is 64.8 Å². The third kappa shape index (κ3) is 2.74. The van der Waals surface area contributed by atoms with E-state index in [1.54, 1.807) is 22.7 Å². The van der Waals surface area contributed by atoms with Crippen LogP contribution in [-0.2, 0) is 4.74 Å². The minimum atomic E-state index is -0.496. The maximum Gasteiger partial charge on any atom is 0.337 e. The van der Waals surface area contributed by atoms with Crippen LogP contribution in [0.5, 0.6) is 0 Å². The van der Waals surface area contributed by atoms with Crippen LogP contribution in [0.4, 0.5) is 0 Å². The average molecular weight is 335 g/mol. The predicted octanol–water partition coefficient (Wildman–Crippen LogP) is 3.80. The number of Topliss-reactive ketones (excluding diaryl/α,β-unsaturated/α-hetero) is 2. The van der Waals surface area contributed by atoms with E-state index in [1.807, 2.05) is 30.3 Å². The second kappa shape index (κ2) is 6.36. The number of hydrogen-bond donors (Lipinski definition) is 0. The van der Waals surface area contributed by atoms with Crippen LogP contribution < -0.4 is 0 Å². The first-order valence-electron chi connectivity index (χ1n) is 7.79. The first-order valence-corrected chi connectivity index (χ1v) is 7.79. The highest BCUT2D eigenvalue weighted by molar-refractivity contribution is 6.14. The molecule has 5 nitrogen and oxygen atoms in total. The van der Waals surface area contributed by atoms with Crippen molar-refractivity contribution >= 4 is 23.1 Å². The molecule has 0 saturated carbocycles. The van der Waals surface area contributed by atoms with Gasteiger partial charge in [0.2, 0.25) is 0 Å². The molecule has 0 aliphatic carbocycles. The van der Waals surface area contributed by atoms with E-state index in [-0.39, 0.29) is 11.6 Å². The normalized spacial score (nSPS) is 10.7. The number of carbonyl (C=O) groups excluding carboxylic acids is 3. The molecule has 25 heavy (non-hydrogen) atoms. The van der Waals surface area contributed by atoms with E-state index in [0.29, 0.717) is 27.9 Å². The number of pyridine rings is 1. The summed E-state index contributed by atoms with van der Waals surface area (Å²) in [6, 6.07) is 12.4. The third-order valence-corrected chi connectivity index (χ3v) is 4.11. The summed E-state index contributed by atoms with van der Waals surface area (Å²) in [6.07, 6.45) is 1.62. The number of esters is 1. The summed E-state index contributed by atoms with van der Waals surface area (Å²) >= 11 is 0. The summed E-state index contributed by atoms with van der Waals surface area (Å²) in [5.41, 5.74) is 3.04. The smallest absolute Gasteiger partial charge is 0.337 e. The number of ketones is 2. The summed E-state index contributed by atoms with van der Waals surface area (Å²) in [4.78, 5) is 36.6. The molecule has 5 heteroatoms. The monoisotopic (exact) mass is 335 g/mol. The molecule has 0 fully saturated rings. The van der Waals surface area contributed by atoms with Crippen molar-refractivity contribution in [2.45, 2.75) is 13.8 Å². The minimum Gasteiger partial charge on any atom is -0.465 e. The Bertz CT molecular complexity index is 999. The molecule has 0 bridgehead atoms. The Kier molecular flexibility index (Phi) is 4.23. The van der Waals surface area contributed by atoms with Crippen molar-refractivity contribution in [2.75, 3.05) is 7.11 Å². The first kappa shape index (κ1) is 16.6. The van der Waals surface area contributed by atoms with Crippen molar-refractivity contribution in [3.63, 3.8) is 0 Å². The Hall–Kier alpha value is -3.21. The van der Waals surface area contributed by atoms with Crippen LogP contribution in [0.15, 0.2) is 48.7 Å². The molecule has 0 saturated heterocycles. The van der Waals surface area contributed by atoms with Crippen molar-refractivity contribution in [1.29, 1.82) is 0 Å². The Morgan fingerprint density at radius 1 is 0.960 bits per heavy atom. The van der Waals surface area contributed by atoms with E-state index in [1.165, 1.54) is 21.0 Å². The molecule has 0 unspecified atom stereocenters. The summed E-state index contributed by atoms with van der Waals surface area (Å²) in [7, 11) is 1.30. The minimum absolute atomic E-state index is 0.160. The highest BCUT2D eigenvalue weighted by Gasteiger charge is 2.25. The van der Waals surface area contributed by atoms with E-state index in [0.717, 1.165) is 5.56 Å². The molecule has 1 aromatic carbocycles. The number of ether oxygens (including phenoxy) is 1. The Labute approximate surface area is 144 Å². The van der Waals surface area contributed by atoms with Gasteiger partial charge in [-0.1, -0.05) is 30.3 Å². The molecule has 2 heterocycles. The van der Waals surface area contributed by atoms with Crippen molar-refractivity contribution in [3.8, 4) is 11.1 Å². The molecule has 2 aromatic heterocycles. The van der Waals surface area contributed by atoms with Gasteiger partial charge in [-0.25, -0.2) is 4.79 Å².